The summed E-state index contributed by atoms with van der Waals surface area (Å²) in [5, 5.41) is 9.50. The number of carboxylic acid groups (broad SMARTS) is 1. The fourth-order valence-corrected chi connectivity index (χ4v) is 2.59. The van der Waals surface area contributed by atoms with Crippen LogP contribution in [0.25, 0.3) is 0 Å². The maximum atomic E-state index is 11.8. The summed E-state index contributed by atoms with van der Waals surface area (Å²) in [7, 11) is 0. The lowest BCUT2D eigenvalue weighted by Crippen LogP contribution is -2.52. The number of hydrogen-bond acceptors (Lipinski definition) is 3. The molecule has 1 amide bonds. The number of carbonyl (C=O) groups is 2. The first kappa shape index (κ1) is 16.2. The van der Waals surface area contributed by atoms with Crippen LogP contribution in [0.5, 0.6) is 5.75 Å². The Morgan fingerprint density at radius 2 is 1.81 bits per heavy atom. The van der Waals surface area contributed by atoms with Gasteiger partial charge in [-0.25, -0.2) is 0 Å². The predicted octanol–water partition coefficient (Wildman–Crippen LogP) is 2.96. The quantitative estimate of drug-likeness (QED) is 0.827. The molecule has 1 heterocycles. The molecule has 8 heteroatoms. The lowest BCUT2D eigenvalue weighted by Gasteiger charge is -2.38. The number of aliphatic carboxylic acids is 1. The Morgan fingerprint density at radius 1 is 1.19 bits per heavy atom. The second-order valence-electron chi connectivity index (χ2n) is 4.75. The molecule has 1 fully saturated rings. The maximum absolute atomic E-state index is 11.8. The maximum Gasteiger partial charge on any atom is 0.303 e. The highest BCUT2D eigenvalue weighted by atomic mass is 35.5. The van der Waals surface area contributed by atoms with Crippen LogP contribution in [0.3, 0.4) is 0 Å². The van der Waals surface area contributed by atoms with E-state index >= 15 is 0 Å². The van der Waals surface area contributed by atoms with Crippen molar-refractivity contribution in [2.75, 3.05) is 19.7 Å². The van der Waals surface area contributed by atoms with E-state index in [4.69, 9.17) is 44.6 Å². The van der Waals surface area contributed by atoms with Crippen LogP contribution in [0.2, 0.25) is 15.1 Å². The van der Waals surface area contributed by atoms with Crippen LogP contribution in [0, 0.1) is 5.92 Å². The van der Waals surface area contributed by atoms with Gasteiger partial charge >= 0.3 is 5.97 Å². The second-order valence-corrected chi connectivity index (χ2v) is 5.97. The van der Waals surface area contributed by atoms with Crippen molar-refractivity contribution in [1.29, 1.82) is 0 Å². The van der Waals surface area contributed by atoms with Crippen LogP contribution in [-0.4, -0.2) is 41.6 Å². The van der Waals surface area contributed by atoms with Crippen molar-refractivity contribution in [2.45, 2.75) is 6.42 Å². The van der Waals surface area contributed by atoms with Gasteiger partial charge in [0.25, 0.3) is 5.91 Å². The summed E-state index contributed by atoms with van der Waals surface area (Å²) in [6, 6.07) is 2.89. The van der Waals surface area contributed by atoms with Crippen molar-refractivity contribution < 1.29 is 19.4 Å². The summed E-state index contributed by atoms with van der Waals surface area (Å²) in [6.07, 6.45) is 0.0727. The monoisotopic (exact) mass is 351 g/mol. The molecule has 0 unspecified atom stereocenters. The Balaban J connectivity index is 1.83. The second kappa shape index (κ2) is 6.73. The SMILES string of the molecule is O=C(O)CC1CN(C(=O)COc2cc(Cl)c(Cl)cc2Cl)C1. The number of ether oxygens (including phenoxy) is 1. The molecule has 21 heavy (non-hydrogen) atoms. The fraction of sp³-hybridized carbons (Fsp3) is 0.385. The number of hydrogen-bond donors (Lipinski definition) is 1. The largest absolute Gasteiger partial charge is 0.482 e. The van der Waals surface area contributed by atoms with Gasteiger partial charge in [-0.15, -0.1) is 0 Å². The third kappa shape index (κ3) is 4.15. The predicted molar refractivity (Wildman–Crippen MR) is 79.3 cm³/mol. The molecule has 1 saturated heterocycles. The summed E-state index contributed by atoms with van der Waals surface area (Å²) in [6.45, 7) is 0.685. The third-order valence-electron chi connectivity index (χ3n) is 3.10. The fourth-order valence-electron chi connectivity index (χ4n) is 2.00. The van der Waals surface area contributed by atoms with E-state index in [-0.39, 0.29) is 40.6 Å². The zero-order valence-corrected chi connectivity index (χ0v) is 13.1. The summed E-state index contributed by atoms with van der Waals surface area (Å²) in [5.74, 6) is -0.785. The average Bonchev–Trinajstić information content (AvgIpc) is 2.35. The molecule has 2 rings (SSSR count). The van der Waals surface area contributed by atoms with Gasteiger partial charge in [0.1, 0.15) is 5.75 Å². The number of likely N-dealkylation sites (tertiary alicyclic amines) is 1. The van der Waals surface area contributed by atoms with Gasteiger partial charge < -0.3 is 14.7 Å². The number of benzene rings is 1. The number of amides is 1. The van der Waals surface area contributed by atoms with Gasteiger partial charge in [0.15, 0.2) is 6.61 Å². The number of carbonyl (C=O) groups excluding carboxylic acids is 1. The summed E-state index contributed by atoms with van der Waals surface area (Å²) < 4.78 is 5.33. The number of halogens is 3. The number of nitrogens with zero attached hydrogens (tertiary/aromatic N) is 1. The minimum atomic E-state index is -0.856. The van der Waals surface area contributed by atoms with E-state index < -0.39 is 5.97 Å². The van der Waals surface area contributed by atoms with E-state index in [1.807, 2.05) is 0 Å². The summed E-state index contributed by atoms with van der Waals surface area (Å²) in [5.41, 5.74) is 0. The first-order valence-electron chi connectivity index (χ1n) is 6.13. The van der Waals surface area contributed by atoms with Gasteiger partial charge in [-0.3, -0.25) is 9.59 Å². The topological polar surface area (TPSA) is 66.8 Å². The molecule has 0 atom stereocenters. The van der Waals surface area contributed by atoms with E-state index in [9.17, 15) is 9.59 Å². The van der Waals surface area contributed by atoms with E-state index in [2.05, 4.69) is 0 Å². The molecule has 1 N–H and O–H groups in total. The molecule has 1 aromatic rings. The molecule has 5 nitrogen and oxygen atoms in total. The number of rotatable bonds is 5. The molecule has 1 aromatic carbocycles. The van der Waals surface area contributed by atoms with Gasteiger partial charge in [0, 0.05) is 25.1 Å². The lowest BCUT2D eigenvalue weighted by molar-refractivity contribution is -0.146. The van der Waals surface area contributed by atoms with E-state index in [1.54, 1.807) is 4.90 Å². The normalized spacial score (nSPS) is 14.7. The van der Waals surface area contributed by atoms with Crippen LogP contribution in [0.1, 0.15) is 6.42 Å². The van der Waals surface area contributed by atoms with Gasteiger partial charge in [0.2, 0.25) is 0 Å². The molecule has 0 radical (unpaired) electrons. The van der Waals surface area contributed by atoms with Crippen LogP contribution in [0.4, 0.5) is 0 Å². The number of carboxylic acids is 1. The summed E-state index contributed by atoms with van der Waals surface area (Å²) in [4.78, 5) is 23.9. The lowest BCUT2D eigenvalue weighted by atomic mass is 9.96. The first-order chi connectivity index (χ1) is 9.86. The first-order valence-corrected chi connectivity index (χ1v) is 7.27. The Bertz CT molecular complexity index is 573. The highest BCUT2D eigenvalue weighted by Gasteiger charge is 2.32. The third-order valence-corrected chi connectivity index (χ3v) is 4.12. The van der Waals surface area contributed by atoms with Crippen LogP contribution < -0.4 is 4.74 Å². The highest BCUT2D eigenvalue weighted by molar-refractivity contribution is 6.43. The van der Waals surface area contributed by atoms with Crippen LogP contribution in [-0.2, 0) is 9.59 Å². The zero-order chi connectivity index (χ0) is 15.6. The molecular formula is C13H12Cl3NO4. The molecule has 1 aliphatic rings. The van der Waals surface area contributed by atoms with Gasteiger partial charge in [-0.1, -0.05) is 34.8 Å². The van der Waals surface area contributed by atoms with Gasteiger partial charge in [0.05, 0.1) is 21.5 Å². The molecule has 0 spiro atoms. The highest BCUT2D eigenvalue weighted by Crippen LogP contribution is 2.33. The van der Waals surface area contributed by atoms with Crippen molar-refractivity contribution in [3.63, 3.8) is 0 Å². The standard InChI is InChI=1S/C13H12Cl3NO4/c14-8-2-10(16)11(3-9(8)15)21-6-12(18)17-4-7(5-17)1-13(19)20/h2-3,7H,1,4-6H2,(H,19,20). The van der Waals surface area contributed by atoms with Crippen molar-refractivity contribution in [2.24, 2.45) is 5.92 Å². The van der Waals surface area contributed by atoms with Crippen molar-refractivity contribution >= 4 is 46.7 Å². The van der Waals surface area contributed by atoms with E-state index in [1.165, 1.54) is 12.1 Å². The molecule has 0 aliphatic carbocycles. The molecule has 0 bridgehead atoms. The molecular weight excluding hydrogens is 341 g/mol. The smallest absolute Gasteiger partial charge is 0.303 e. The molecule has 0 saturated carbocycles. The van der Waals surface area contributed by atoms with E-state index in [0.717, 1.165) is 0 Å². The van der Waals surface area contributed by atoms with Crippen molar-refractivity contribution in [3.8, 4) is 5.75 Å². The Hall–Kier alpha value is -1.17. The molecule has 114 valence electrons. The van der Waals surface area contributed by atoms with Crippen molar-refractivity contribution in [1.82, 2.24) is 4.90 Å². The Labute approximate surface area is 136 Å². The molecule has 0 aromatic heterocycles. The zero-order valence-electron chi connectivity index (χ0n) is 10.8. The molecule has 1 aliphatic heterocycles. The Kier molecular flexibility index (Phi) is 5.19. The van der Waals surface area contributed by atoms with E-state index in [0.29, 0.717) is 18.1 Å². The summed E-state index contributed by atoms with van der Waals surface area (Å²) >= 11 is 17.6. The minimum absolute atomic E-state index is 0.0139. The van der Waals surface area contributed by atoms with Gasteiger partial charge in [-0.05, 0) is 6.07 Å². The average molecular weight is 353 g/mol. The van der Waals surface area contributed by atoms with Gasteiger partial charge in [-0.2, -0.15) is 0 Å². The van der Waals surface area contributed by atoms with Crippen LogP contribution >= 0.6 is 34.8 Å². The minimum Gasteiger partial charge on any atom is -0.482 e. The van der Waals surface area contributed by atoms with Crippen LogP contribution in [0.15, 0.2) is 12.1 Å². The Morgan fingerprint density at radius 3 is 2.43 bits per heavy atom. The van der Waals surface area contributed by atoms with Crippen molar-refractivity contribution in [3.05, 3.63) is 27.2 Å².